The van der Waals surface area contributed by atoms with E-state index in [1.807, 2.05) is 18.3 Å². The van der Waals surface area contributed by atoms with Crippen molar-refractivity contribution < 1.29 is 8.42 Å². The van der Waals surface area contributed by atoms with Crippen LogP contribution in [-0.2, 0) is 16.4 Å². The first-order valence-electron chi connectivity index (χ1n) is 11.9. The number of hydrogen-bond donors (Lipinski definition) is 1. The minimum Gasteiger partial charge on any atom is -0.368 e. The summed E-state index contributed by atoms with van der Waals surface area (Å²) in [6, 6.07) is 20.5. The molecule has 0 atom stereocenters. The number of hydrogen-bond acceptors (Lipinski definition) is 6. The molecule has 0 saturated carbocycles. The molecule has 0 bridgehead atoms. The van der Waals surface area contributed by atoms with Crippen molar-refractivity contribution in [3.63, 3.8) is 0 Å². The molecule has 0 radical (unpaired) electrons. The number of pyridine rings is 2. The fourth-order valence-corrected chi connectivity index (χ4v) is 5.37. The van der Waals surface area contributed by atoms with Gasteiger partial charge in [-0.3, -0.25) is 14.6 Å². The van der Waals surface area contributed by atoms with Crippen molar-refractivity contribution in [1.82, 2.24) is 14.9 Å². The Balaban J connectivity index is 1.35. The van der Waals surface area contributed by atoms with Crippen LogP contribution >= 0.6 is 11.6 Å². The average Bonchev–Trinajstić information content (AvgIpc) is 2.88. The molecule has 1 fully saturated rings. The van der Waals surface area contributed by atoms with E-state index in [0.717, 1.165) is 73.1 Å². The van der Waals surface area contributed by atoms with Gasteiger partial charge in [-0.25, -0.2) is 13.4 Å². The highest BCUT2D eigenvalue weighted by Gasteiger charge is 2.19. The van der Waals surface area contributed by atoms with E-state index in [-0.39, 0.29) is 10.8 Å². The van der Waals surface area contributed by atoms with Gasteiger partial charge in [-0.05, 0) is 41.8 Å². The van der Waals surface area contributed by atoms with Gasteiger partial charge in [0, 0.05) is 61.8 Å². The van der Waals surface area contributed by atoms with Crippen molar-refractivity contribution in [3.05, 3.63) is 83.8 Å². The second-order valence-electron chi connectivity index (χ2n) is 9.06. The van der Waals surface area contributed by atoms with E-state index < -0.39 is 10.0 Å². The molecule has 0 spiro atoms. The third kappa shape index (κ3) is 5.78. The van der Waals surface area contributed by atoms with Gasteiger partial charge in [-0.2, -0.15) is 0 Å². The highest BCUT2D eigenvalue weighted by atomic mass is 35.5. The number of fused-ring (bicyclic) bond motifs is 1. The van der Waals surface area contributed by atoms with Crippen LogP contribution in [0, 0.1) is 0 Å². The third-order valence-electron chi connectivity index (χ3n) is 6.46. The van der Waals surface area contributed by atoms with E-state index in [2.05, 4.69) is 67.0 Å². The summed E-state index contributed by atoms with van der Waals surface area (Å²) in [7, 11) is -3.47. The number of nitrogens with one attached hydrogen (secondary N) is 1. The van der Waals surface area contributed by atoms with Crippen molar-refractivity contribution in [2.45, 2.75) is 6.42 Å². The zero-order valence-electron chi connectivity index (χ0n) is 20.1. The number of benzene rings is 2. The molecule has 1 N–H and O–H groups in total. The predicted octanol–water partition coefficient (Wildman–Crippen LogP) is 4.69. The van der Waals surface area contributed by atoms with Crippen molar-refractivity contribution >= 4 is 43.9 Å². The lowest BCUT2D eigenvalue weighted by molar-refractivity contribution is 0.261. The molecule has 1 aliphatic rings. The topological polar surface area (TPSA) is 78.4 Å². The number of aromatic nitrogens is 2. The molecule has 2 aromatic heterocycles. The summed E-state index contributed by atoms with van der Waals surface area (Å²) >= 11 is 6.12. The first-order valence-corrected chi connectivity index (χ1v) is 14.2. The summed E-state index contributed by atoms with van der Waals surface area (Å²) in [5.74, 6) is 0. The molecule has 5 rings (SSSR count). The zero-order chi connectivity index (χ0) is 25.1. The Labute approximate surface area is 216 Å². The maximum atomic E-state index is 11.7. The van der Waals surface area contributed by atoms with E-state index >= 15 is 0 Å². The number of sulfonamides is 1. The molecule has 0 aliphatic carbocycles. The lowest BCUT2D eigenvalue weighted by atomic mass is 10.0. The summed E-state index contributed by atoms with van der Waals surface area (Å²) in [5, 5.41) is 1.16. The minimum atomic E-state index is -3.47. The lowest BCUT2D eigenvalue weighted by Crippen LogP contribution is -2.47. The predicted molar refractivity (Wildman–Crippen MR) is 147 cm³/mol. The minimum absolute atomic E-state index is 0.109. The summed E-state index contributed by atoms with van der Waals surface area (Å²) < 4.78 is 25.9. The second kappa shape index (κ2) is 10.4. The van der Waals surface area contributed by atoms with Crippen LogP contribution in [0.25, 0.3) is 22.0 Å². The van der Waals surface area contributed by atoms with Gasteiger partial charge in [0.05, 0.1) is 17.5 Å². The smallest absolute Gasteiger partial charge is 0.229 e. The molecule has 186 valence electrons. The number of piperazine rings is 1. The van der Waals surface area contributed by atoms with Crippen molar-refractivity contribution in [1.29, 1.82) is 0 Å². The van der Waals surface area contributed by atoms with Crippen molar-refractivity contribution in [2.24, 2.45) is 0 Å². The third-order valence-corrected chi connectivity index (χ3v) is 7.35. The van der Waals surface area contributed by atoms with Crippen LogP contribution in [0.15, 0.2) is 73.1 Å². The molecule has 1 saturated heterocycles. The molecule has 0 unspecified atom stereocenters. The van der Waals surface area contributed by atoms with Gasteiger partial charge in [0.15, 0.2) is 5.15 Å². The summed E-state index contributed by atoms with van der Waals surface area (Å²) in [4.78, 5) is 13.7. The maximum Gasteiger partial charge on any atom is 0.229 e. The Morgan fingerprint density at radius 1 is 0.944 bits per heavy atom. The molecular weight excluding hydrogens is 494 g/mol. The largest absolute Gasteiger partial charge is 0.368 e. The second-order valence-corrected chi connectivity index (χ2v) is 11.2. The molecule has 7 nitrogen and oxygen atoms in total. The summed E-state index contributed by atoms with van der Waals surface area (Å²) in [5.41, 5.74) is 5.39. The van der Waals surface area contributed by atoms with E-state index in [9.17, 15) is 8.42 Å². The van der Waals surface area contributed by atoms with Gasteiger partial charge in [-0.15, -0.1) is 0 Å². The van der Waals surface area contributed by atoms with Crippen LogP contribution in [0.3, 0.4) is 0 Å². The number of nitrogens with zero attached hydrogens (tertiary/aromatic N) is 4. The molecule has 0 amide bonds. The Morgan fingerprint density at radius 3 is 2.47 bits per heavy atom. The number of rotatable bonds is 7. The monoisotopic (exact) mass is 521 g/mol. The number of anilines is 2. The van der Waals surface area contributed by atoms with E-state index in [1.165, 1.54) is 5.56 Å². The molecule has 36 heavy (non-hydrogen) atoms. The molecule has 4 aromatic rings. The first kappa shape index (κ1) is 24.5. The van der Waals surface area contributed by atoms with Crippen molar-refractivity contribution in [2.75, 3.05) is 48.6 Å². The highest BCUT2D eigenvalue weighted by molar-refractivity contribution is 7.92. The first-order chi connectivity index (χ1) is 17.4. The Kier molecular flexibility index (Phi) is 7.09. The van der Waals surface area contributed by atoms with Crippen LogP contribution in [0.2, 0.25) is 5.15 Å². The Hall–Kier alpha value is -3.20. The van der Waals surface area contributed by atoms with Crippen LogP contribution in [0.5, 0.6) is 0 Å². The lowest BCUT2D eigenvalue weighted by Gasteiger charge is -2.36. The summed E-state index contributed by atoms with van der Waals surface area (Å²) in [6.07, 6.45) is 5.66. The average molecular weight is 522 g/mol. The van der Waals surface area contributed by atoms with Crippen molar-refractivity contribution in [3.8, 4) is 11.1 Å². The van der Waals surface area contributed by atoms with Crippen LogP contribution in [-0.4, -0.2) is 62.3 Å². The molecule has 3 heterocycles. The Bertz CT molecular complexity index is 1470. The van der Waals surface area contributed by atoms with Crippen LogP contribution in [0.4, 0.5) is 11.4 Å². The fourth-order valence-electron chi connectivity index (χ4n) is 4.61. The molecule has 2 aromatic carbocycles. The SMILES string of the molecule is CS(=O)(=O)Nc1cc(-c2ccc3nccc(N4CCN(CCc5ccccc5)CC4)c3c2)cnc1Cl. The van der Waals surface area contributed by atoms with E-state index in [4.69, 9.17) is 11.6 Å². The summed E-state index contributed by atoms with van der Waals surface area (Å²) in [6.45, 7) is 4.98. The van der Waals surface area contributed by atoms with Gasteiger partial charge in [0.2, 0.25) is 10.0 Å². The van der Waals surface area contributed by atoms with Gasteiger partial charge in [0.1, 0.15) is 0 Å². The number of halogens is 1. The molecule has 1 aliphatic heterocycles. The highest BCUT2D eigenvalue weighted by Crippen LogP contribution is 2.33. The van der Waals surface area contributed by atoms with Crippen LogP contribution in [0.1, 0.15) is 5.56 Å². The molecule has 9 heteroatoms. The van der Waals surface area contributed by atoms with E-state index in [1.54, 1.807) is 12.3 Å². The van der Waals surface area contributed by atoms with E-state index in [0.29, 0.717) is 0 Å². The molecular formula is C27H28ClN5O2S. The Morgan fingerprint density at radius 2 is 1.72 bits per heavy atom. The zero-order valence-corrected chi connectivity index (χ0v) is 21.6. The normalized spacial score (nSPS) is 14.8. The van der Waals surface area contributed by atoms with Gasteiger partial charge in [0.25, 0.3) is 0 Å². The van der Waals surface area contributed by atoms with Gasteiger partial charge >= 0.3 is 0 Å². The van der Waals surface area contributed by atoms with Crippen LogP contribution < -0.4 is 9.62 Å². The fraction of sp³-hybridized carbons (Fsp3) is 0.259. The van der Waals surface area contributed by atoms with Gasteiger partial charge in [-0.1, -0.05) is 48.0 Å². The standard InChI is InChI=1S/C27H28ClN5O2S/c1-36(34,35)31-25-18-22(19-30-27(25)28)21-7-8-24-23(17-21)26(9-11-29-24)33-15-13-32(14-16-33)12-10-20-5-3-2-4-6-20/h2-9,11,17-19,31H,10,12-16H2,1H3. The quantitative estimate of drug-likeness (QED) is 0.356. The van der Waals surface area contributed by atoms with Gasteiger partial charge < -0.3 is 4.90 Å². The maximum absolute atomic E-state index is 11.7.